The number of carbonyl (C=O) groups excluding carboxylic acids is 12. The maximum atomic E-state index is 14.8. The molecule has 498 valence electrons. The second kappa shape index (κ2) is 36.6. The summed E-state index contributed by atoms with van der Waals surface area (Å²) in [6.07, 6.45) is -1.90. The van der Waals surface area contributed by atoms with Gasteiger partial charge in [0.2, 0.25) is 65.0 Å². The molecule has 0 saturated carbocycles. The van der Waals surface area contributed by atoms with Crippen LogP contribution in [0, 0.1) is 3.57 Å². The van der Waals surface area contributed by atoms with Gasteiger partial charge in [0.1, 0.15) is 54.1 Å². The molecule has 22 N–H and O–H groups in total. The molecule has 1 heterocycles. The van der Waals surface area contributed by atoms with E-state index in [1.807, 2.05) is 22.6 Å². The molecule has 4 aromatic carbocycles. The van der Waals surface area contributed by atoms with Gasteiger partial charge in [0.15, 0.2) is 17.7 Å². The molecule has 11 amide bonds. The second-order valence-corrected chi connectivity index (χ2v) is 23.2. The Morgan fingerprint density at radius 2 is 0.989 bits per heavy atom. The Bertz CT molecular complexity index is 3390. The predicted molar refractivity (Wildman–Crippen MR) is 350 cm³/mol. The van der Waals surface area contributed by atoms with Gasteiger partial charge in [-0.15, -0.1) is 0 Å². The summed E-state index contributed by atoms with van der Waals surface area (Å²) >= 11 is 1.90. The van der Waals surface area contributed by atoms with Crippen molar-refractivity contribution >= 4 is 105 Å². The van der Waals surface area contributed by atoms with Gasteiger partial charge in [0, 0.05) is 63.4 Å². The zero-order valence-electron chi connectivity index (χ0n) is 51.1. The van der Waals surface area contributed by atoms with Gasteiger partial charge in [0.25, 0.3) is 0 Å². The lowest BCUT2D eigenvalue weighted by molar-refractivity contribution is -0.143. The van der Waals surface area contributed by atoms with E-state index in [4.69, 9.17) is 40.1 Å². The number of guanidine groups is 2. The third kappa shape index (κ3) is 24.5. The van der Waals surface area contributed by atoms with Crippen LogP contribution in [-0.2, 0) is 72.0 Å². The van der Waals surface area contributed by atoms with E-state index in [0.29, 0.717) is 31.4 Å². The number of phenols is 1. The maximum Gasteiger partial charge on any atom is 0.245 e. The predicted octanol–water partition coefficient (Wildman–Crippen LogP) is -2.61. The molecule has 0 bridgehead atoms. The number of hydrogen-bond acceptors (Lipinski definition) is 15. The highest BCUT2D eigenvalue weighted by atomic mass is 127. The summed E-state index contributed by atoms with van der Waals surface area (Å²) in [6, 6.07) is 16.3. The number of rotatable bonds is 36. The van der Waals surface area contributed by atoms with Crippen LogP contribution in [0.4, 0.5) is 0 Å². The van der Waals surface area contributed by atoms with E-state index >= 15 is 0 Å². The van der Waals surface area contributed by atoms with Crippen LogP contribution in [0.2, 0.25) is 0 Å². The number of halogens is 1. The van der Waals surface area contributed by atoms with Crippen molar-refractivity contribution in [2.75, 3.05) is 19.6 Å². The minimum atomic E-state index is -1.86. The minimum Gasteiger partial charge on any atom is -0.507 e. The van der Waals surface area contributed by atoms with Gasteiger partial charge in [0.05, 0.1) is 9.99 Å². The number of likely N-dealkylation sites (tertiary alicyclic amines) is 1. The Hall–Kier alpha value is -10.2. The van der Waals surface area contributed by atoms with Crippen LogP contribution < -0.4 is 77.4 Å². The number of phenolic OH excluding ortho intramolecular Hbond substituents is 1. The summed E-state index contributed by atoms with van der Waals surface area (Å²) in [5.74, 6) is -10.7. The standard InChI is InChI=1S/C62H80IN17O13/c1-34(81)73-45(31-36-18-21-39(22-19-36)52(85)38-13-6-3-7-14-38)56(89)78-46(30-35-11-4-2-5-12-35)57(90)74-42(23-25-50(64)83)55(88)79-47(33-51(65)84)58(91)76-43(16-9-27-72-62(69)70)60(93)80-28-10-17-48(80)59(92)75-41(15-8-26-71-61(67)68)54(87)77-44(53(66)86)32-37-20-24-49(82)40(63)29-37/h2-7,11-14,18-22,24,29,41-48,82H,8-10,15-17,23,25-28,30-33H2,1H3,(H2,64,83)(H2,65,84)(H2,66,86)(H,73,81)(H,74,90)(H,75,92)(H,76,91)(H,77,87)(H,78,89)(H,79,88)(H4,67,68,71)(H4,69,70,72)/t41-,42-,43-,44-,45+,46-,47-,48-/m0/s1. The van der Waals surface area contributed by atoms with Crippen LogP contribution in [0.1, 0.15) is 97.3 Å². The molecule has 4 aromatic rings. The highest BCUT2D eigenvalue weighted by molar-refractivity contribution is 14.1. The SMILES string of the molecule is CC(=O)N[C@H](Cc1ccc(C(=O)c2ccccc2)cc1)C(=O)N[C@@H](Cc1ccccc1)C(=O)N[C@@H](CCC(N)=O)C(=O)N[C@@H](CC(N)=O)C(=O)N[C@@H](CCCN=C(N)N)C(=O)N1CCC[C@H]1C(=O)N[C@@H](CCCN=C(N)N)C(=O)N[C@@H](Cc1ccc(O)c(I)c1)C(N)=O. The smallest absolute Gasteiger partial charge is 0.245 e. The number of aromatic hydroxyl groups is 1. The zero-order valence-corrected chi connectivity index (χ0v) is 53.3. The molecule has 1 saturated heterocycles. The number of nitrogens with zero attached hydrogens (tertiary/aromatic N) is 3. The van der Waals surface area contributed by atoms with Gasteiger partial charge in [-0.2, -0.15) is 0 Å². The van der Waals surface area contributed by atoms with Crippen LogP contribution in [0.5, 0.6) is 5.75 Å². The monoisotopic (exact) mass is 1400 g/mol. The first kappa shape index (κ1) is 73.5. The average molecular weight is 1400 g/mol. The van der Waals surface area contributed by atoms with E-state index in [2.05, 4.69) is 47.2 Å². The van der Waals surface area contributed by atoms with Crippen LogP contribution in [-0.4, -0.2) is 161 Å². The lowest BCUT2D eigenvalue weighted by atomic mass is 9.98. The average Bonchev–Trinajstić information content (AvgIpc) is 1.88. The summed E-state index contributed by atoms with van der Waals surface area (Å²) in [5.41, 5.74) is 41.4. The number of amides is 11. The molecule has 30 nitrogen and oxygen atoms in total. The Morgan fingerprint density at radius 1 is 0.527 bits per heavy atom. The quantitative estimate of drug-likeness (QED) is 0.00730. The third-order valence-corrected chi connectivity index (χ3v) is 15.6. The lowest BCUT2D eigenvalue weighted by Gasteiger charge is -2.31. The highest BCUT2D eigenvalue weighted by Gasteiger charge is 2.41. The Kier molecular flexibility index (Phi) is 28.9. The molecular formula is C62H80IN17O13. The fraction of sp³-hybridized carbons (Fsp3) is 0.387. The topological polar surface area (TPSA) is 519 Å². The van der Waals surface area contributed by atoms with Crippen molar-refractivity contribution in [3.8, 4) is 5.75 Å². The van der Waals surface area contributed by atoms with E-state index in [1.54, 1.807) is 97.1 Å². The first-order valence-electron chi connectivity index (χ1n) is 29.8. The summed E-state index contributed by atoms with van der Waals surface area (Å²) < 4.78 is 0.474. The Balaban J connectivity index is 1.37. The maximum absolute atomic E-state index is 14.8. The number of nitrogens with two attached hydrogens (primary N) is 7. The first-order valence-corrected chi connectivity index (χ1v) is 30.8. The summed E-state index contributed by atoms with van der Waals surface area (Å²) in [4.78, 5) is 173. The normalized spacial score (nSPS) is 14.7. The molecule has 0 radical (unpaired) electrons. The van der Waals surface area contributed by atoms with Gasteiger partial charge in [-0.05, 0) is 96.4 Å². The number of carbonyl (C=O) groups is 12. The molecule has 1 aliphatic rings. The van der Waals surface area contributed by atoms with Crippen LogP contribution in [0.15, 0.2) is 113 Å². The molecule has 5 rings (SSSR count). The molecular weight excluding hydrogens is 1320 g/mol. The second-order valence-electron chi connectivity index (χ2n) is 22.1. The molecule has 1 aliphatic heterocycles. The van der Waals surface area contributed by atoms with Gasteiger partial charge in [-0.3, -0.25) is 67.5 Å². The molecule has 8 atom stereocenters. The lowest BCUT2D eigenvalue weighted by Crippen LogP contribution is -2.60. The first-order chi connectivity index (χ1) is 44.2. The van der Waals surface area contributed by atoms with Crippen molar-refractivity contribution in [2.45, 2.75) is 132 Å². The molecule has 0 aliphatic carbocycles. The molecule has 31 heteroatoms. The van der Waals surface area contributed by atoms with Gasteiger partial charge < -0.3 is 87.4 Å². The van der Waals surface area contributed by atoms with Crippen LogP contribution >= 0.6 is 22.6 Å². The Labute approximate surface area is 549 Å². The molecule has 0 unspecified atom stereocenters. The van der Waals surface area contributed by atoms with Gasteiger partial charge in [-0.25, -0.2) is 0 Å². The fourth-order valence-corrected chi connectivity index (χ4v) is 10.6. The number of hydrogen-bond donors (Lipinski definition) is 15. The number of benzene rings is 4. The zero-order chi connectivity index (χ0) is 68.3. The molecule has 0 aromatic heterocycles. The van der Waals surface area contributed by atoms with E-state index in [0.717, 1.165) is 0 Å². The van der Waals surface area contributed by atoms with Gasteiger partial charge in [-0.1, -0.05) is 91.0 Å². The Morgan fingerprint density at radius 3 is 1.54 bits per heavy atom. The largest absolute Gasteiger partial charge is 0.507 e. The number of aliphatic imine (C=N–C) groups is 2. The molecule has 1 fully saturated rings. The summed E-state index contributed by atoms with van der Waals surface area (Å²) in [5, 5.41) is 28.1. The van der Waals surface area contributed by atoms with E-state index in [1.165, 1.54) is 17.9 Å². The van der Waals surface area contributed by atoms with Gasteiger partial charge >= 0.3 is 0 Å². The van der Waals surface area contributed by atoms with Crippen LogP contribution in [0.3, 0.4) is 0 Å². The third-order valence-electron chi connectivity index (χ3n) is 14.7. The summed E-state index contributed by atoms with van der Waals surface area (Å²) in [7, 11) is 0. The number of nitrogens with one attached hydrogen (secondary N) is 7. The fourth-order valence-electron chi connectivity index (χ4n) is 10.1. The van der Waals surface area contributed by atoms with Crippen molar-refractivity contribution in [2.24, 2.45) is 50.1 Å². The van der Waals surface area contributed by atoms with Crippen LogP contribution in [0.25, 0.3) is 0 Å². The van der Waals surface area contributed by atoms with Crippen molar-refractivity contribution in [3.63, 3.8) is 0 Å². The van der Waals surface area contributed by atoms with E-state index in [9.17, 15) is 62.6 Å². The van der Waals surface area contributed by atoms with Crippen molar-refractivity contribution < 1.29 is 62.6 Å². The van der Waals surface area contributed by atoms with Crippen molar-refractivity contribution in [1.82, 2.24) is 42.1 Å². The van der Waals surface area contributed by atoms with Crippen molar-refractivity contribution in [3.05, 3.63) is 135 Å². The molecule has 0 spiro atoms. The number of ketones is 1. The number of primary amides is 3. The van der Waals surface area contributed by atoms with E-state index < -0.39 is 133 Å². The van der Waals surface area contributed by atoms with E-state index in [-0.39, 0.29) is 101 Å². The molecule has 93 heavy (non-hydrogen) atoms. The van der Waals surface area contributed by atoms with Crippen molar-refractivity contribution in [1.29, 1.82) is 0 Å². The highest BCUT2D eigenvalue weighted by Crippen LogP contribution is 2.23. The summed E-state index contributed by atoms with van der Waals surface area (Å²) in [6.45, 7) is 1.16. The minimum absolute atomic E-state index is 0.00442.